The molecule has 0 spiro atoms. The molecule has 0 rings (SSSR count). The number of nitrogens with zero attached hydrogens (tertiary/aromatic N) is 1. The minimum atomic E-state index is 0.733. The van der Waals surface area contributed by atoms with Crippen LogP contribution in [0.25, 0.3) is 0 Å². The zero-order valence-electron chi connectivity index (χ0n) is 9.30. The molecular weight excluding hydrogens is 172 g/mol. The van der Waals surface area contributed by atoms with Gasteiger partial charge in [0.05, 0.1) is 6.07 Å². The standard InChI is InChI=1S/C12H24N2/c13-11-9-7-5-3-1-2-4-6-8-10-12-14/h1-11,13H2. The summed E-state index contributed by atoms with van der Waals surface area (Å²) in [5.41, 5.74) is 5.41. The van der Waals surface area contributed by atoms with E-state index in [9.17, 15) is 0 Å². The zero-order chi connectivity index (χ0) is 10.5. The minimum absolute atomic E-state index is 0.733. The van der Waals surface area contributed by atoms with Crippen molar-refractivity contribution in [3.63, 3.8) is 0 Å². The first-order valence-electron chi connectivity index (χ1n) is 5.99. The molecule has 0 saturated heterocycles. The number of hydrogen-bond donors (Lipinski definition) is 1. The molecule has 0 aliphatic heterocycles. The molecule has 0 fully saturated rings. The molecule has 0 atom stereocenters. The lowest BCUT2D eigenvalue weighted by molar-refractivity contribution is 0.562. The van der Waals surface area contributed by atoms with E-state index in [1.807, 2.05) is 0 Å². The quantitative estimate of drug-likeness (QED) is 0.545. The van der Waals surface area contributed by atoms with E-state index in [-0.39, 0.29) is 0 Å². The molecule has 2 heteroatoms. The van der Waals surface area contributed by atoms with Gasteiger partial charge in [-0.15, -0.1) is 0 Å². The molecule has 0 aliphatic carbocycles. The summed E-state index contributed by atoms with van der Waals surface area (Å²) in [6.07, 6.45) is 12.2. The summed E-state index contributed by atoms with van der Waals surface area (Å²) in [6.45, 7) is 0.841. The maximum absolute atomic E-state index is 8.33. The van der Waals surface area contributed by atoms with Crippen LogP contribution in [0.3, 0.4) is 0 Å². The van der Waals surface area contributed by atoms with Crippen LogP contribution in [-0.4, -0.2) is 6.54 Å². The van der Waals surface area contributed by atoms with E-state index in [1.165, 1.54) is 51.4 Å². The summed E-state index contributed by atoms with van der Waals surface area (Å²) in [4.78, 5) is 0. The molecule has 0 saturated carbocycles. The maximum Gasteiger partial charge on any atom is 0.0621 e. The van der Waals surface area contributed by atoms with Crippen LogP contribution in [0, 0.1) is 11.3 Å². The van der Waals surface area contributed by atoms with E-state index in [1.54, 1.807) is 0 Å². The maximum atomic E-state index is 8.33. The SMILES string of the molecule is N#CCCCCCCCCCCCN. The van der Waals surface area contributed by atoms with Gasteiger partial charge < -0.3 is 5.73 Å². The lowest BCUT2D eigenvalue weighted by Gasteiger charge is -2.00. The predicted molar refractivity (Wildman–Crippen MR) is 60.8 cm³/mol. The van der Waals surface area contributed by atoms with Gasteiger partial charge in [-0.05, 0) is 19.4 Å². The van der Waals surface area contributed by atoms with Crippen molar-refractivity contribution in [2.75, 3.05) is 6.54 Å². The van der Waals surface area contributed by atoms with Crippen LogP contribution < -0.4 is 5.73 Å². The van der Waals surface area contributed by atoms with Gasteiger partial charge in [0.1, 0.15) is 0 Å². The Morgan fingerprint density at radius 1 is 0.714 bits per heavy atom. The monoisotopic (exact) mass is 196 g/mol. The first kappa shape index (κ1) is 13.4. The molecule has 0 aromatic heterocycles. The molecule has 0 aromatic carbocycles. The summed E-state index contributed by atoms with van der Waals surface area (Å²) in [5, 5.41) is 8.33. The molecular formula is C12H24N2. The van der Waals surface area contributed by atoms with Gasteiger partial charge in [-0.1, -0.05) is 44.9 Å². The van der Waals surface area contributed by atoms with Gasteiger partial charge in [-0.2, -0.15) is 5.26 Å². The highest BCUT2D eigenvalue weighted by molar-refractivity contribution is 4.67. The van der Waals surface area contributed by atoms with Gasteiger partial charge in [0.15, 0.2) is 0 Å². The average molecular weight is 196 g/mol. The van der Waals surface area contributed by atoms with Gasteiger partial charge in [-0.3, -0.25) is 0 Å². The van der Waals surface area contributed by atoms with Crippen LogP contribution in [0.5, 0.6) is 0 Å². The highest BCUT2D eigenvalue weighted by Gasteiger charge is 1.91. The highest BCUT2D eigenvalue weighted by atomic mass is 14.5. The minimum Gasteiger partial charge on any atom is -0.330 e. The van der Waals surface area contributed by atoms with E-state index in [0.29, 0.717) is 0 Å². The number of nitrogens with two attached hydrogens (primary N) is 1. The molecule has 82 valence electrons. The second kappa shape index (κ2) is 12.4. The van der Waals surface area contributed by atoms with Crippen LogP contribution in [0.1, 0.15) is 64.2 Å². The molecule has 0 radical (unpaired) electrons. The second-order valence-corrected chi connectivity index (χ2v) is 3.88. The number of nitriles is 1. The van der Waals surface area contributed by atoms with Crippen molar-refractivity contribution >= 4 is 0 Å². The normalized spacial score (nSPS) is 10.0. The van der Waals surface area contributed by atoms with E-state index < -0.39 is 0 Å². The Balaban J connectivity index is 2.82. The van der Waals surface area contributed by atoms with Crippen LogP contribution in [0.4, 0.5) is 0 Å². The summed E-state index contributed by atoms with van der Waals surface area (Å²) in [7, 11) is 0. The molecule has 2 N–H and O–H groups in total. The molecule has 0 aromatic rings. The molecule has 0 unspecified atom stereocenters. The molecule has 0 aliphatic rings. The Morgan fingerprint density at radius 2 is 1.14 bits per heavy atom. The molecule has 0 bridgehead atoms. The van der Waals surface area contributed by atoms with Crippen LogP contribution in [0.15, 0.2) is 0 Å². The van der Waals surface area contributed by atoms with Gasteiger partial charge in [0.25, 0.3) is 0 Å². The van der Waals surface area contributed by atoms with Crippen LogP contribution in [-0.2, 0) is 0 Å². The van der Waals surface area contributed by atoms with Crippen LogP contribution in [0.2, 0.25) is 0 Å². The van der Waals surface area contributed by atoms with Crippen molar-refractivity contribution in [3.05, 3.63) is 0 Å². The largest absolute Gasteiger partial charge is 0.330 e. The summed E-state index contributed by atoms with van der Waals surface area (Å²) >= 11 is 0. The Hall–Kier alpha value is -0.550. The topological polar surface area (TPSA) is 49.8 Å². The summed E-state index contributed by atoms with van der Waals surface area (Å²) in [5.74, 6) is 0. The molecule has 0 heterocycles. The third-order valence-electron chi connectivity index (χ3n) is 2.49. The van der Waals surface area contributed by atoms with E-state index in [4.69, 9.17) is 11.0 Å². The Morgan fingerprint density at radius 3 is 1.57 bits per heavy atom. The molecule has 2 nitrogen and oxygen atoms in total. The second-order valence-electron chi connectivity index (χ2n) is 3.88. The van der Waals surface area contributed by atoms with Crippen molar-refractivity contribution in [1.29, 1.82) is 5.26 Å². The molecule has 14 heavy (non-hydrogen) atoms. The molecule has 0 amide bonds. The van der Waals surface area contributed by atoms with Gasteiger partial charge in [0.2, 0.25) is 0 Å². The summed E-state index contributed by atoms with van der Waals surface area (Å²) < 4.78 is 0. The average Bonchev–Trinajstić information content (AvgIpc) is 2.21. The van der Waals surface area contributed by atoms with E-state index in [2.05, 4.69) is 6.07 Å². The predicted octanol–water partition coefficient (Wildman–Crippen LogP) is 3.37. The Labute approximate surface area is 88.5 Å². The van der Waals surface area contributed by atoms with Gasteiger partial charge in [-0.25, -0.2) is 0 Å². The van der Waals surface area contributed by atoms with Crippen molar-refractivity contribution in [2.24, 2.45) is 5.73 Å². The Kier molecular flexibility index (Phi) is 12.0. The fourth-order valence-corrected chi connectivity index (χ4v) is 1.59. The fourth-order valence-electron chi connectivity index (χ4n) is 1.59. The van der Waals surface area contributed by atoms with Crippen molar-refractivity contribution in [3.8, 4) is 6.07 Å². The number of unbranched alkanes of at least 4 members (excludes halogenated alkanes) is 9. The first-order chi connectivity index (χ1) is 6.91. The summed E-state index contributed by atoms with van der Waals surface area (Å²) in [6, 6.07) is 2.18. The van der Waals surface area contributed by atoms with Gasteiger partial charge in [0, 0.05) is 6.42 Å². The smallest absolute Gasteiger partial charge is 0.0621 e. The third kappa shape index (κ3) is 11.4. The number of hydrogen-bond acceptors (Lipinski definition) is 2. The van der Waals surface area contributed by atoms with Gasteiger partial charge >= 0.3 is 0 Å². The lowest BCUT2D eigenvalue weighted by Crippen LogP contribution is -1.97. The zero-order valence-corrected chi connectivity index (χ0v) is 9.30. The fraction of sp³-hybridized carbons (Fsp3) is 0.917. The van der Waals surface area contributed by atoms with Crippen molar-refractivity contribution in [1.82, 2.24) is 0 Å². The van der Waals surface area contributed by atoms with Crippen molar-refractivity contribution in [2.45, 2.75) is 64.2 Å². The third-order valence-corrected chi connectivity index (χ3v) is 2.49. The van der Waals surface area contributed by atoms with Crippen LogP contribution >= 0.6 is 0 Å². The first-order valence-corrected chi connectivity index (χ1v) is 5.99. The van der Waals surface area contributed by atoms with Crippen molar-refractivity contribution < 1.29 is 0 Å². The van der Waals surface area contributed by atoms with E-state index in [0.717, 1.165) is 19.4 Å². The lowest BCUT2D eigenvalue weighted by atomic mass is 10.1. The number of rotatable bonds is 10. The van der Waals surface area contributed by atoms with E-state index >= 15 is 0 Å². The Bertz CT molecular complexity index is 138. The highest BCUT2D eigenvalue weighted by Crippen LogP contribution is 2.09.